The molecule has 1 aromatic heterocycles. The molecule has 0 bridgehead atoms. The van der Waals surface area contributed by atoms with Crippen molar-refractivity contribution in [2.24, 2.45) is 5.89 Å². The number of alkyl halides is 3. The molecule has 1 aliphatic carbocycles. The van der Waals surface area contributed by atoms with E-state index in [4.69, 9.17) is 9.60 Å². The fraction of sp³-hybridized carbons (Fsp3) is 0.378. The van der Waals surface area contributed by atoms with Gasteiger partial charge >= 0.3 is 6.18 Å². The third kappa shape index (κ3) is 8.73. The van der Waals surface area contributed by atoms with E-state index in [0.717, 1.165) is 35.8 Å². The van der Waals surface area contributed by atoms with E-state index in [1.807, 2.05) is 13.8 Å². The fourth-order valence-corrected chi connectivity index (χ4v) is 5.96. The standard InChI is InChI=1S/C37H40F4N4O2S/c1-4-43(5-2)18-19-44(22-26-6-10-28(11-7-26)29-12-14-30(15-13-29)37(39,40)41)34(46)23-45-33-21-25(3)20-32(33)35(47)42-36(45)48-24-27-8-16-31(38)17-9-27/h6-17,25H,4-5,18-24H2,1-3H3/i20D2,21D2,24D2,25D. The minimum Gasteiger partial charge on any atom is -0.336 e. The number of hydrogen-bond acceptors (Lipinski definition) is 5. The lowest BCUT2D eigenvalue weighted by Gasteiger charge is -2.28. The summed E-state index contributed by atoms with van der Waals surface area (Å²) in [7, 11) is 0. The Labute approximate surface area is 292 Å². The Morgan fingerprint density at radius 2 is 1.58 bits per heavy atom. The summed E-state index contributed by atoms with van der Waals surface area (Å²) in [6.45, 7) is 6.22. The van der Waals surface area contributed by atoms with Gasteiger partial charge in [0.2, 0.25) is 5.91 Å². The molecular weight excluding hydrogens is 640 g/mol. The molecule has 254 valence electrons. The molecule has 1 heterocycles. The van der Waals surface area contributed by atoms with E-state index in [1.165, 1.54) is 29.2 Å². The molecule has 11 heteroatoms. The number of hydrogen-bond donors (Lipinski definition) is 0. The van der Waals surface area contributed by atoms with Crippen LogP contribution in [0, 0.1) is 11.7 Å². The molecule has 0 fully saturated rings. The summed E-state index contributed by atoms with van der Waals surface area (Å²) in [6.07, 6.45) is -10.2. The molecule has 1 amide bonds. The molecule has 1 aliphatic rings. The van der Waals surface area contributed by atoms with Gasteiger partial charge in [0.05, 0.1) is 5.56 Å². The smallest absolute Gasteiger partial charge is 0.336 e. The highest BCUT2D eigenvalue weighted by Crippen LogP contribution is 2.32. The first kappa shape index (κ1) is 26.9. The Balaban J connectivity index is 1.55. The third-order valence-electron chi connectivity index (χ3n) is 7.97. The number of fused-ring (bicyclic) bond motifs is 1. The number of aromatic nitrogens is 2. The Hall–Kier alpha value is -3.96. The van der Waals surface area contributed by atoms with Crippen LogP contribution in [0.1, 0.15) is 58.3 Å². The highest BCUT2D eigenvalue weighted by molar-refractivity contribution is 7.98. The van der Waals surface area contributed by atoms with Crippen molar-refractivity contribution >= 4 is 17.7 Å². The molecule has 4 aromatic rings. The van der Waals surface area contributed by atoms with Gasteiger partial charge in [-0.05, 0) is 78.2 Å². The molecule has 0 spiro atoms. The highest BCUT2D eigenvalue weighted by Gasteiger charge is 2.30. The number of carbonyl (C=O) groups is 1. The number of carbonyl (C=O) groups excluding carboxylic acids is 1. The summed E-state index contributed by atoms with van der Waals surface area (Å²) < 4.78 is 116. The summed E-state index contributed by atoms with van der Waals surface area (Å²) >= 11 is 0.369. The van der Waals surface area contributed by atoms with E-state index in [0.29, 0.717) is 48.1 Å². The van der Waals surface area contributed by atoms with Crippen LogP contribution in [-0.4, -0.2) is 51.4 Å². The van der Waals surface area contributed by atoms with Gasteiger partial charge in [0.15, 0.2) is 5.16 Å². The maximum Gasteiger partial charge on any atom is 0.416 e. The minimum atomic E-state index is -4.47. The van der Waals surface area contributed by atoms with Crippen LogP contribution < -0.4 is 5.56 Å². The third-order valence-corrected chi connectivity index (χ3v) is 8.80. The largest absolute Gasteiger partial charge is 0.416 e. The van der Waals surface area contributed by atoms with Crippen LogP contribution in [-0.2, 0) is 42.5 Å². The molecule has 6 nitrogen and oxygen atoms in total. The summed E-state index contributed by atoms with van der Waals surface area (Å²) in [4.78, 5) is 35.5. The zero-order valence-corrected chi connectivity index (χ0v) is 27.5. The van der Waals surface area contributed by atoms with E-state index >= 15 is 0 Å². The fourth-order valence-electron chi connectivity index (χ4n) is 5.22. The second kappa shape index (κ2) is 15.5. The Bertz CT molecular complexity index is 2080. The zero-order chi connectivity index (χ0) is 40.7. The second-order valence-electron chi connectivity index (χ2n) is 11.2. The predicted octanol–water partition coefficient (Wildman–Crippen LogP) is 7.47. The molecule has 0 radical (unpaired) electrons. The second-order valence-corrected chi connectivity index (χ2v) is 12.0. The lowest BCUT2D eigenvalue weighted by molar-refractivity contribution is -0.137. The van der Waals surface area contributed by atoms with Crippen LogP contribution in [0.25, 0.3) is 11.1 Å². The molecule has 0 aliphatic heterocycles. The van der Waals surface area contributed by atoms with Gasteiger partial charge in [0.1, 0.15) is 12.4 Å². The molecular formula is C37H40F4N4O2S. The molecule has 3 aromatic carbocycles. The van der Waals surface area contributed by atoms with Crippen molar-refractivity contribution in [2.45, 2.75) is 63.6 Å². The lowest BCUT2D eigenvalue weighted by atomic mass is 10.0. The SMILES string of the molecule is [2H]C([2H])(Sc1nc(=O)c2c(n1CC(=O)N(CCN(CC)CC)Cc1ccc(-c3ccc(C(F)(F)F)cc3)cc1)C([2H])([2H])C([2H])(C)C2([2H])[2H])c1ccc(F)cc1. The summed E-state index contributed by atoms with van der Waals surface area (Å²) in [5.74, 6) is -3.78. The maximum absolute atomic E-state index is 14.4. The van der Waals surface area contributed by atoms with Crippen molar-refractivity contribution in [3.05, 3.63) is 117 Å². The maximum atomic E-state index is 14.4. The Kier molecular flexibility index (Phi) is 8.70. The zero-order valence-electron chi connectivity index (χ0n) is 33.7. The monoisotopic (exact) mass is 687 g/mol. The van der Waals surface area contributed by atoms with Gasteiger partial charge in [0.25, 0.3) is 5.56 Å². The molecule has 0 saturated heterocycles. The van der Waals surface area contributed by atoms with Crippen molar-refractivity contribution in [3.63, 3.8) is 0 Å². The quantitative estimate of drug-likeness (QED) is 0.0830. The number of likely N-dealkylation sites (N-methyl/N-ethyl adjacent to an activating group) is 1. The number of thioether (sulfide) groups is 1. The van der Waals surface area contributed by atoms with E-state index in [2.05, 4.69) is 9.88 Å². The van der Waals surface area contributed by atoms with Crippen LogP contribution in [0.15, 0.2) is 82.7 Å². The molecule has 0 saturated carbocycles. The molecule has 0 N–H and O–H groups in total. The van der Waals surface area contributed by atoms with Crippen molar-refractivity contribution in [1.29, 1.82) is 0 Å². The molecule has 1 unspecified atom stereocenters. The number of benzene rings is 3. The lowest BCUT2D eigenvalue weighted by Crippen LogP contribution is -2.40. The minimum absolute atomic E-state index is 0.0178. The van der Waals surface area contributed by atoms with Crippen molar-refractivity contribution in [1.82, 2.24) is 19.4 Å². The normalized spacial score (nSPS) is 20.5. The van der Waals surface area contributed by atoms with E-state index in [9.17, 15) is 27.2 Å². The van der Waals surface area contributed by atoms with Gasteiger partial charge < -0.3 is 14.4 Å². The number of amides is 1. The summed E-state index contributed by atoms with van der Waals surface area (Å²) in [6, 6.07) is 16.1. The van der Waals surface area contributed by atoms with Gasteiger partial charge in [-0.3, -0.25) is 9.59 Å². The van der Waals surface area contributed by atoms with Crippen LogP contribution >= 0.6 is 11.8 Å². The van der Waals surface area contributed by atoms with Gasteiger partial charge in [-0.25, -0.2) is 4.39 Å². The summed E-state index contributed by atoms with van der Waals surface area (Å²) in [5, 5.41) is -0.437. The number of nitrogens with zero attached hydrogens (tertiary/aromatic N) is 4. The Morgan fingerprint density at radius 3 is 2.19 bits per heavy atom. The first-order chi connectivity index (χ1) is 25.5. The molecule has 1 atom stereocenters. The van der Waals surface area contributed by atoms with Crippen LogP contribution in [0.3, 0.4) is 0 Å². The van der Waals surface area contributed by atoms with Crippen molar-refractivity contribution in [3.8, 4) is 11.1 Å². The van der Waals surface area contributed by atoms with Crippen LogP contribution in [0.5, 0.6) is 0 Å². The number of rotatable bonds is 13. The molecule has 48 heavy (non-hydrogen) atoms. The van der Waals surface area contributed by atoms with E-state index in [-0.39, 0.29) is 18.7 Å². The summed E-state index contributed by atoms with van der Waals surface area (Å²) in [5.41, 5.74) is -3.87. The Morgan fingerprint density at radius 1 is 0.979 bits per heavy atom. The van der Waals surface area contributed by atoms with Gasteiger partial charge in [-0.1, -0.05) is 81.1 Å². The topological polar surface area (TPSA) is 58.4 Å². The predicted molar refractivity (Wildman–Crippen MR) is 181 cm³/mol. The highest BCUT2D eigenvalue weighted by atomic mass is 32.2. The average molecular weight is 688 g/mol. The van der Waals surface area contributed by atoms with Gasteiger partial charge in [0, 0.05) is 46.2 Å². The van der Waals surface area contributed by atoms with Crippen LogP contribution in [0.4, 0.5) is 17.6 Å². The van der Waals surface area contributed by atoms with Gasteiger partial charge in [-0.15, -0.1) is 0 Å². The first-order valence-electron chi connectivity index (χ1n) is 18.9. The van der Waals surface area contributed by atoms with E-state index in [1.54, 1.807) is 24.3 Å². The molecule has 5 rings (SSSR count). The van der Waals surface area contributed by atoms with E-state index < -0.39 is 76.3 Å². The first-order valence-corrected chi connectivity index (χ1v) is 16.2. The van der Waals surface area contributed by atoms with Crippen molar-refractivity contribution in [2.75, 3.05) is 26.2 Å². The average Bonchev–Trinajstić information content (AvgIpc) is 3.23. The van der Waals surface area contributed by atoms with Crippen LogP contribution in [0.2, 0.25) is 0 Å². The van der Waals surface area contributed by atoms with Gasteiger partial charge in [-0.2, -0.15) is 18.2 Å². The number of halogens is 4. The van der Waals surface area contributed by atoms with Crippen molar-refractivity contribution < 1.29 is 32.0 Å².